The van der Waals surface area contributed by atoms with Gasteiger partial charge in [0.25, 0.3) is 5.78 Å². The van der Waals surface area contributed by atoms with E-state index in [1.54, 1.807) is 12.2 Å². The molecule has 1 aliphatic carbocycles. The Balaban J connectivity index is 1.82. The van der Waals surface area contributed by atoms with Gasteiger partial charge in [0.15, 0.2) is 0 Å². The Bertz CT molecular complexity index is 1270. The molecule has 0 spiro atoms. The Hall–Kier alpha value is -3.36. The zero-order valence-corrected chi connectivity index (χ0v) is 18.9. The van der Waals surface area contributed by atoms with E-state index in [4.69, 9.17) is 16.3 Å². The van der Waals surface area contributed by atoms with Gasteiger partial charge in [0.2, 0.25) is 0 Å². The van der Waals surface area contributed by atoms with Crippen LogP contribution in [0, 0.1) is 11.6 Å². The fourth-order valence-electron chi connectivity index (χ4n) is 3.47. The fourth-order valence-corrected chi connectivity index (χ4v) is 3.73. The molecule has 0 aliphatic heterocycles. The molecule has 0 radical (unpaired) electrons. The van der Waals surface area contributed by atoms with Crippen molar-refractivity contribution >= 4 is 23.0 Å². The second-order valence-corrected chi connectivity index (χ2v) is 7.97. The van der Waals surface area contributed by atoms with E-state index in [9.17, 15) is 0 Å². The van der Waals surface area contributed by atoms with E-state index in [0.717, 1.165) is 25.1 Å². The zero-order valence-electron chi connectivity index (χ0n) is 18.2. The topological polar surface area (TPSA) is 55.5 Å². The summed E-state index contributed by atoms with van der Waals surface area (Å²) < 4.78 is 37.6. The highest BCUT2D eigenvalue weighted by atomic mass is 35.5. The summed E-state index contributed by atoms with van der Waals surface area (Å²) in [6.45, 7) is 1.14. The average Bonchev–Trinajstić information content (AvgIpc) is 3.19. The summed E-state index contributed by atoms with van der Waals surface area (Å²) in [6, 6.07) is 2.31. The lowest BCUT2D eigenvalue weighted by Crippen LogP contribution is -2.15. The van der Waals surface area contributed by atoms with Crippen LogP contribution in [0.1, 0.15) is 12.1 Å². The molecule has 2 aromatic heterocycles. The summed E-state index contributed by atoms with van der Waals surface area (Å²) in [7, 11) is 3.89. The summed E-state index contributed by atoms with van der Waals surface area (Å²) in [5, 5.41) is 4.13. The van der Waals surface area contributed by atoms with Gasteiger partial charge in [-0.1, -0.05) is 54.1 Å². The summed E-state index contributed by atoms with van der Waals surface area (Å²) in [6.07, 6.45) is 14.8. The van der Waals surface area contributed by atoms with Crippen LogP contribution in [0.25, 0.3) is 22.5 Å². The van der Waals surface area contributed by atoms with Crippen LogP contribution in [0.5, 0.6) is 5.75 Å². The van der Waals surface area contributed by atoms with Gasteiger partial charge in [0.1, 0.15) is 28.9 Å². The van der Waals surface area contributed by atoms with Gasteiger partial charge in [-0.3, -0.25) is 0 Å². The van der Waals surface area contributed by atoms with E-state index in [0.29, 0.717) is 17.9 Å². The Morgan fingerprint density at radius 3 is 2.52 bits per heavy atom. The highest BCUT2D eigenvalue weighted by Gasteiger charge is 2.25. The minimum atomic E-state index is -0.812. The summed E-state index contributed by atoms with van der Waals surface area (Å²) in [5.74, 6) is -1.30. The monoisotopic (exact) mass is 469 g/mol. The van der Waals surface area contributed by atoms with Gasteiger partial charge in [0, 0.05) is 24.3 Å². The van der Waals surface area contributed by atoms with E-state index in [-0.39, 0.29) is 27.8 Å². The van der Waals surface area contributed by atoms with Gasteiger partial charge in [-0.05, 0) is 20.5 Å². The minimum Gasteiger partial charge on any atom is -0.493 e. The average molecular weight is 470 g/mol. The quantitative estimate of drug-likeness (QED) is 0.355. The number of ether oxygens (including phenoxy) is 1. The number of rotatable bonds is 7. The van der Waals surface area contributed by atoms with Crippen LogP contribution >= 0.6 is 11.6 Å². The molecule has 4 rings (SSSR count). The first-order chi connectivity index (χ1) is 16.0. The number of hydrogen-bond donors (Lipinski definition) is 0. The predicted molar refractivity (Wildman–Crippen MR) is 125 cm³/mol. The summed E-state index contributed by atoms with van der Waals surface area (Å²) in [4.78, 5) is 10.3. The number of allylic oxidation sites excluding steroid dienone is 8. The van der Waals surface area contributed by atoms with E-state index in [2.05, 4.69) is 15.1 Å². The normalized spacial score (nSPS) is 13.5. The molecule has 0 amide bonds. The van der Waals surface area contributed by atoms with Crippen molar-refractivity contribution in [3.63, 3.8) is 0 Å². The fraction of sp³-hybridized carbons (Fsp3) is 0.208. The molecule has 0 saturated carbocycles. The van der Waals surface area contributed by atoms with Gasteiger partial charge >= 0.3 is 0 Å². The van der Waals surface area contributed by atoms with Crippen molar-refractivity contribution in [3.05, 3.63) is 83.5 Å². The molecule has 33 heavy (non-hydrogen) atoms. The molecule has 0 N–H and O–H groups in total. The lowest BCUT2D eigenvalue weighted by Gasteiger charge is -2.16. The molecule has 9 heteroatoms. The zero-order chi connectivity index (χ0) is 23.4. The molecule has 3 aromatic rings. The minimum absolute atomic E-state index is 0.0812. The predicted octanol–water partition coefficient (Wildman–Crippen LogP) is 5.12. The Kier molecular flexibility index (Phi) is 6.96. The maximum atomic E-state index is 15.3. The SMILES string of the molecule is CN(C)CCCOc1cc(F)c(-c2c(Cl)nc3ncnn3c2C2=CC=CC=CC=C2)c(F)c1. The lowest BCUT2D eigenvalue weighted by molar-refractivity contribution is 0.279. The molecule has 0 saturated heterocycles. The molecule has 6 nitrogen and oxygen atoms in total. The van der Waals surface area contributed by atoms with Crippen LogP contribution in [0.3, 0.4) is 0 Å². The van der Waals surface area contributed by atoms with Crippen molar-refractivity contribution < 1.29 is 13.5 Å². The van der Waals surface area contributed by atoms with Gasteiger partial charge in [-0.15, -0.1) is 0 Å². The van der Waals surface area contributed by atoms with Crippen LogP contribution in [-0.2, 0) is 0 Å². The van der Waals surface area contributed by atoms with Crippen molar-refractivity contribution in [2.75, 3.05) is 27.2 Å². The largest absolute Gasteiger partial charge is 0.493 e. The third kappa shape index (κ3) is 5.02. The molecule has 0 unspecified atom stereocenters. The van der Waals surface area contributed by atoms with Crippen molar-refractivity contribution in [1.29, 1.82) is 0 Å². The number of aromatic nitrogens is 4. The highest BCUT2D eigenvalue weighted by molar-refractivity contribution is 6.32. The van der Waals surface area contributed by atoms with Crippen LogP contribution in [0.15, 0.2) is 61.0 Å². The molecule has 0 atom stereocenters. The van der Waals surface area contributed by atoms with Gasteiger partial charge in [-0.25, -0.2) is 8.78 Å². The summed E-state index contributed by atoms with van der Waals surface area (Å²) in [5.41, 5.74) is 0.776. The smallest absolute Gasteiger partial charge is 0.254 e. The van der Waals surface area contributed by atoms with Crippen LogP contribution in [-0.4, -0.2) is 51.7 Å². The van der Waals surface area contributed by atoms with Crippen LogP contribution in [0.2, 0.25) is 5.15 Å². The Morgan fingerprint density at radius 1 is 1.03 bits per heavy atom. The maximum Gasteiger partial charge on any atom is 0.254 e. The van der Waals surface area contributed by atoms with Gasteiger partial charge in [-0.2, -0.15) is 19.6 Å². The van der Waals surface area contributed by atoms with E-state index < -0.39 is 11.6 Å². The first-order valence-corrected chi connectivity index (χ1v) is 10.7. The van der Waals surface area contributed by atoms with Crippen LogP contribution in [0.4, 0.5) is 8.78 Å². The molecule has 0 bridgehead atoms. The molecule has 2 heterocycles. The van der Waals surface area contributed by atoms with Crippen molar-refractivity contribution in [2.45, 2.75) is 6.42 Å². The number of hydrogen-bond acceptors (Lipinski definition) is 5. The van der Waals surface area contributed by atoms with Crippen molar-refractivity contribution in [2.24, 2.45) is 0 Å². The number of halogens is 3. The molecule has 1 aliphatic rings. The molecular weight excluding hydrogens is 448 g/mol. The van der Waals surface area contributed by atoms with E-state index >= 15 is 8.78 Å². The third-order valence-corrected chi connectivity index (χ3v) is 5.21. The second kappa shape index (κ2) is 10.1. The molecular formula is C24H22ClF2N5O. The molecule has 170 valence electrons. The molecule has 0 fully saturated rings. The summed E-state index contributed by atoms with van der Waals surface area (Å²) >= 11 is 6.46. The lowest BCUT2D eigenvalue weighted by atomic mass is 9.98. The van der Waals surface area contributed by atoms with Crippen molar-refractivity contribution in [1.82, 2.24) is 24.5 Å². The number of nitrogens with zero attached hydrogens (tertiary/aromatic N) is 5. The third-order valence-electron chi connectivity index (χ3n) is 4.94. The first kappa shape index (κ1) is 22.8. The van der Waals surface area contributed by atoms with Gasteiger partial charge < -0.3 is 9.64 Å². The standard InChI is InChI=1S/C24H22ClF2N5O/c1-31(2)11-8-12-33-17-13-18(26)20(19(27)14-17)21-22(16-9-6-4-3-5-7-10-16)32-24(28-15-29-32)30-23(21)25/h3-7,9-10,13-15H,8,11-12H2,1-2H3. The highest BCUT2D eigenvalue weighted by Crippen LogP contribution is 2.39. The first-order valence-electron chi connectivity index (χ1n) is 10.3. The molecule has 1 aromatic carbocycles. The van der Waals surface area contributed by atoms with Gasteiger partial charge in [0.05, 0.1) is 23.4 Å². The Labute approximate surface area is 195 Å². The van der Waals surface area contributed by atoms with Crippen molar-refractivity contribution in [3.8, 4) is 16.9 Å². The van der Waals surface area contributed by atoms with E-state index in [1.165, 1.54) is 10.8 Å². The van der Waals surface area contributed by atoms with Crippen LogP contribution < -0.4 is 4.74 Å². The Morgan fingerprint density at radius 2 is 1.76 bits per heavy atom. The number of benzene rings is 1. The van der Waals surface area contributed by atoms with E-state index in [1.807, 2.05) is 49.4 Å². The number of fused-ring (bicyclic) bond motifs is 1. The second-order valence-electron chi connectivity index (χ2n) is 7.62. The maximum absolute atomic E-state index is 15.3.